The Morgan fingerprint density at radius 1 is 1.35 bits per heavy atom. The highest BCUT2D eigenvalue weighted by atomic mass is 16.4. The third-order valence-corrected chi connectivity index (χ3v) is 1.63. The van der Waals surface area contributed by atoms with Gasteiger partial charge in [-0.15, -0.1) is 6.42 Å². The van der Waals surface area contributed by atoms with E-state index in [0.717, 1.165) is 0 Å². The zero-order valence-electron chi connectivity index (χ0n) is 9.52. The number of terminal acetylenes is 1. The summed E-state index contributed by atoms with van der Waals surface area (Å²) in [5.41, 5.74) is 0. The van der Waals surface area contributed by atoms with E-state index < -0.39 is 17.9 Å². The number of hydrogen-bond donors (Lipinski definition) is 3. The lowest BCUT2D eigenvalue weighted by molar-refractivity contribution is -0.138. The Kier molecular flexibility index (Phi) is 7.14. The molecule has 0 unspecified atom stereocenters. The molecule has 0 bridgehead atoms. The molecule has 17 heavy (non-hydrogen) atoms. The maximum absolute atomic E-state index is 11.3. The van der Waals surface area contributed by atoms with Crippen LogP contribution in [0.1, 0.15) is 6.92 Å². The van der Waals surface area contributed by atoms with Gasteiger partial charge in [-0.3, -0.25) is 19.8 Å². The molecule has 0 radical (unpaired) electrons. The lowest BCUT2D eigenvalue weighted by atomic mass is 10.4. The molecule has 0 fully saturated rings. The number of imide groups is 1. The minimum Gasteiger partial charge on any atom is -0.480 e. The summed E-state index contributed by atoms with van der Waals surface area (Å²) >= 11 is 0. The van der Waals surface area contributed by atoms with Gasteiger partial charge in [-0.05, 0) is 6.92 Å². The first-order valence-electron chi connectivity index (χ1n) is 4.94. The van der Waals surface area contributed by atoms with Gasteiger partial charge in [0.25, 0.3) is 0 Å². The summed E-state index contributed by atoms with van der Waals surface area (Å²) in [5.74, 6) is 0.543. The SMILES string of the molecule is C#CCN(CC(=O)O)CC(=O)NC(=O)NCC. The van der Waals surface area contributed by atoms with E-state index >= 15 is 0 Å². The molecule has 0 spiro atoms. The highest BCUT2D eigenvalue weighted by Gasteiger charge is 2.14. The van der Waals surface area contributed by atoms with Gasteiger partial charge in [-0.25, -0.2) is 4.79 Å². The van der Waals surface area contributed by atoms with E-state index in [4.69, 9.17) is 11.5 Å². The molecule has 7 heteroatoms. The largest absolute Gasteiger partial charge is 0.480 e. The number of carbonyl (C=O) groups is 3. The zero-order valence-corrected chi connectivity index (χ0v) is 9.52. The first-order valence-corrected chi connectivity index (χ1v) is 4.94. The molecular formula is C10H15N3O4. The average Bonchev–Trinajstić information content (AvgIpc) is 2.16. The fourth-order valence-corrected chi connectivity index (χ4v) is 1.06. The summed E-state index contributed by atoms with van der Waals surface area (Å²) < 4.78 is 0. The minimum absolute atomic E-state index is 0.0229. The number of carbonyl (C=O) groups excluding carboxylic acids is 2. The molecule has 0 aromatic rings. The quantitative estimate of drug-likeness (QED) is 0.510. The number of carboxylic acids is 1. The van der Waals surface area contributed by atoms with Crippen molar-refractivity contribution >= 4 is 17.9 Å². The van der Waals surface area contributed by atoms with Gasteiger partial charge in [0.2, 0.25) is 5.91 Å². The Balaban J connectivity index is 4.16. The number of hydrogen-bond acceptors (Lipinski definition) is 4. The predicted octanol–water partition coefficient (Wildman–Crippen LogP) is -1.15. The van der Waals surface area contributed by atoms with E-state index in [9.17, 15) is 14.4 Å². The van der Waals surface area contributed by atoms with Gasteiger partial charge in [0.05, 0.1) is 19.6 Å². The van der Waals surface area contributed by atoms with Gasteiger partial charge >= 0.3 is 12.0 Å². The molecule has 0 aromatic carbocycles. The number of aliphatic carboxylic acids is 1. The highest BCUT2D eigenvalue weighted by Crippen LogP contribution is 1.87. The zero-order chi connectivity index (χ0) is 13.3. The number of nitrogens with zero attached hydrogens (tertiary/aromatic N) is 1. The van der Waals surface area contributed by atoms with Crippen molar-refractivity contribution in [3.05, 3.63) is 0 Å². The summed E-state index contributed by atoms with van der Waals surface area (Å²) in [6, 6.07) is -0.617. The summed E-state index contributed by atoms with van der Waals surface area (Å²) in [7, 11) is 0. The second-order valence-electron chi connectivity index (χ2n) is 3.15. The number of urea groups is 1. The molecule has 0 rings (SSSR count). The maximum atomic E-state index is 11.3. The highest BCUT2D eigenvalue weighted by molar-refractivity contribution is 5.95. The number of nitrogens with one attached hydrogen (secondary N) is 2. The van der Waals surface area contributed by atoms with Crippen LogP contribution in [0.15, 0.2) is 0 Å². The first-order chi connectivity index (χ1) is 7.99. The van der Waals surface area contributed by atoms with Gasteiger partial charge in [-0.2, -0.15) is 0 Å². The van der Waals surface area contributed by atoms with Crippen molar-refractivity contribution in [2.24, 2.45) is 0 Å². The molecule has 0 aliphatic heterocycles. The molecule has 0 aliphatic rings. The fourth-order valence-electron chi connectivity index (χ4n) is 1.06. The van der Waals surface area contributed by atoms with E-state index in [0.29, 0.717) is 6.54 Å². The van der Waals surface area contributed by atoms with Gasteiger partial charge in [0.15, 0.2) is 0 Å². The summed E-state index contributed by atoms with van der Waals surface area (Å²) in [4.78, 5) is 34.0. The molecule has 3 N–H and O–H groups in total. The second-order valence-corrected chi connectivity index (χ2v) is 3.15. The van der Waals surface area contributed by atoms with Crippen molar-refractivity contribution in [1.82, 2.24) is 15.5 Å². The molecule has 7 nitrogen and oxygen atoms in total. The molecule has 0 aromatic heterocycles. The summed E-state index contributed by atoms with van der Waals surface area (Å²) in [5, 5.41) is 13.0. The predicted molar refractivity (Wildman–Crippen MR) is 60.1 cm³/mol. The molecule has 0 heterocycles. The van der Waals surface area contributed by atoms with E-state index in [1.165, 1.54) is 4.90 Å². The van der Waals surface area contributed by atoms with E-state index in [1.807, 2.05) is 0 Å². The third kappa shape index (κ3) is 7.81. The van der Waals surface area contributed by atoms with Gasteiger partial charge in [0, 0.05) is 6.54 Å². The van der Waals surface area contributed by atoms with Crippen LogP contribution in [0.5, 0.6) is 0 Å². The lowest BCUT2D eigenvalue weighted by Gasteiger charge is -2.16. The standard InChI is InChI=1S/C10H15N3O4/c1-3-5-13(7-9(15)16)6-8(14)12-10(17)11-4-2/h1H,4-7H2,2H3,(H,15,16)(H2,11,12,14,17). The normalized spacial score (nSPS) is 9.47. The number of amides is 3. The van der Waals surface area contributed by atoms with Crippen LogP contribution in [0, 0.1) is 12.3 Å². The molecule has 3 amide bonds. The molecule has 0 atom stereocenters. The summed E-state index contributed by atoms with van der Waals surface area (Å²) in [6.45, 7) is 1.53. The van der Waals surface area contributed by atoms with Crippen LogP contribution in [0.25, 0.3) is 0 Å². The second kappa shape index (κ2) is 8.13. The first kappa shape index (κ1) is 14.9. The van der Waals surface area contributed by atoms with E-state index in [-0.39, 0.29) is 19.6 Å². The molecule has 0 aliphatic carbocycles. The Labute approximate surface area is 99.2 Å². The smallest absolute Gasteiger partial charge is 0.321 e. The Hall–Kier alpha value is -2.07. The van der Waals surface area contributed by atoms with E-state index in [1.54, 1.807) is 6.92 Å². The van der Waals surface area contributed by atoms with Crippen molar-refractivity contribution < 1.29 is 19.5 Å². The monoisotopic (exact) mass is 241 g/mol. The fraction of sp³-hybridized carbons (Fsp3) is 0.500. The van der Waals surface area contributed by atoms with Crippen molar-refractivity contribution in [1.29, 1.82) is 0 Å². The summed E-state index contributed by atoms with van der Waals surface area (Å²) in [6.07, 6.45) is 5.03. The average molecular weight is 241 g/mol. The van der Waals surface area contributed by atoms with Crippen LogP contribution in [-0.2, 0) is 9.59 Å². The number of rotatable bonds is 6. The Bertz CT molecular complexity index is 335. The van der Waals surface area contributed by atoms with Crippen molar-refractivity contribution in [3.8, 4) is 12.3 Å². The van der Waals surface area contributed by atoms with Crippen LogP contribution in [0.4, 0.5) is 4.79 Å². The topological polar surface area (TPSA) is 98.7 Å². The van der Waals surface area contributed by atoms with Crippen molar-refractivity contribution in [3.63, 3.8) is 0 Å². The van der Waals surface area contributed by atoms with Crippen LogP contribution < -0.4 is 10.6 Å². The molecule has 0 saturated heterocycles. The minimum atomic E-state index is -1.09. The van der Waals surface area contributed by atoms with Gasteiger partial charge < -0.3 is 10.4 Å². The lowest BCUT2D eigenvalue weighted by Crippen LogP contribution is -2.45. The van der Waals surface area contributed by atoms with E-state index in [2.05, 4.69) is 16.6 Å². The van der Waals surface area contributed by atoms with Crippen LogP contribution in [0.3, 0.4) is 0 Å². The van der Waals surface area contributed by atoms with Crippen molar-refractivity contribution in [2.75, 3.05) is 26.2 Å². The van der Waals surface area contributed by atoms with Gasteiger partial charge in [-0.1, -0.05) is 5.92 Å². The van der Waals surface area contributed by atoms with Crippen molar-refractivity contribution in [2.45, 2.75) is 6.92 Å². The third-order valence-electron chi connectivity index (χ3n) is 1.63. The van der Waals surface area contributed by atoms with Crippen LogP contribution in [0.2, 0.25) is 0 Å². The molecular weight excluding hydrogens is 226 g/mol. The van der Waals surface area contributed by atoms with Gasteiger partial charge in [0.1, 0.15) is 0 Å². The Morgan fingerprint density at radius 3 is 2.47 bits per heavy atom. The maximum Gasteiger partial charge on any atom is 0.321 e. The Morgan fingerprint density at radius 2 is 2.00 bits per heavy atom. The number of carboxylic acid groups (broad SMARTS) is 1. The molecule has 94 valence electrons. The van der Waals surface area contributed by atoms with Crippen LogP contribution >= 0.6 is 0 Å². The molecule has 0 saturated carbocycles. The van der Waals surface area contributed by atoms with Crippen LogP contribution in [-0.4, -0.2) is 54.1 Å².